The zero-order chi connectivity index (χ0) is 18.1. The number of anilines is 1. The zero-order valence-electron chi connectivity index (χ0n) is 13.7. The summed E-state index contributed by atoms with van der Waals surface area (Å²) in [5.74, 6) is -0.509. The van der Waals surface area contributed by atoms with Crippen molar-refractivity contribution in [3.8, 4) is 5.75 Å². The number of amides is 1. The number of carbonyl (C=O) groups is 1. The molecule has 0 saturated heterocycles. The Morgan fingerprint density at radius 3 is 2.44 bits per heavy atom. The third-order valence-corrected chi connectivity index (χ3v) is 4.33. The standard InChI is InChI=1S/C19H18F3NO2/c1-18(9-10-18)17(24)23-14-7-8-16(15(11-14)19(20,21)22)25-12-13-5-3-2-4-6-13/h2-8,11H,9-10,12H2,1H3,(H,23,24). The molecule has 3 rings (SSSR count). The minimum absolute atomic E-state index is 0.0354. The van der Waals surface area contributed by atoms with Gasteiger partial charge in [-0.2, -0.15) is 13.2 Å². The molecule has 132 valence electrons. The Morgan fingerprint density at radius 1 is 1.16 bits per heavy atom. The van der Waals surface area contributed by atoms with Crippen molar-refractivity contribution in [3.63, 3.8) is 0 Å². The molecule has 1 fully saturated rings. The lowest BCUT2D eigenvalue weighted by atomic mass is 10.1. The van der Waals surface area contributed by atoms with Gasteiger partial charge in [0.2, 0.25) is 5.91 Å². The van der Waals surface area contributed by atoms with Crippen LogP contribution in [-0.2, 0) is 17.6 Å². The first kappa shape index (κ1) is 17.3. The van der Waals surface area contributed by atoms with Crippen molar-refractivity contribution < 1.29 is 22.7 Å². The van der Waals surface area contributed by atoms with Crippen LogP contribution in [0.1, 0.15) is 30.9 Å². The van der Waals surface area contributed by atoms with Gasteiger partial charge in [0.25, 0.3) is 0 Å². The van der Waals surface area contributed by atoms with Crippen LogP contribution in [0.2, 0.25) is 0 Å². The molecule has 1 N–H and O–H groups in total. The van der Waals surface area contributed by atoms with E-state index in [1.54, 1.807) is 31.2 Å². The maximum atomic E-state index is 13.3. The highest BCUT2D eigenvalue weighted by Crippen LogP contribution is 2.46. The van der Waals surface area contributed by atoms with Crippen LogP contribution < -0.4 is 10.1 Å². The van der Waals surface area contributed by atoms with E-state index in [9.17, 15) is 18.0 Å². The molecule has 1 amide bonds. The van der Waals surface area contributed by atoms with Crippen LogP contribution in [0, 0.1) is 5.41 Å². The molecule has 0 atom stereocenters. The van der Waals surface area contributed by atoms with Crippen molar-refractivity contribution in [2.24, 2.45) is 5.41 Å². The number of halogens is 3. The fraction of sp³-hybridized carbons (Fsp3) is 0.316. The highest BCUT2D eigenvalue weighted by Gasteiger charge is 2.45. The van der Waals surface area contributed by atoms with Gasteiger partial charge in [-0.25, -0.2) is 0 Å². The minimum Gasteiger partial charge on any atom is -0.488 e. The SMILES string of the molecule is CC1(C(=O)Nc2ccc(OCc3ccccc3)c(C(F)(F)F)c2)CC1. The maximum Gasteiger partial charge on any atom is 0.420 e. The summed E-state index contributed by atoms with van der Waals surface area (Å²) in [6, 6.07) is 12.6. The van der Waals surface area contributed by atoms with Gasteiger partial charge in [0.15, 0.2) is 0 Å². The van der Waals surface area contributed by atoms with E-state index in [1.165, 1.54) is 12.1 Å². The lowest BCUT2D eigenvalue weighted by molar-refractivity contribution is -0.139. The van der Waals surface area contributed by atoms with Crippen molar-refractivity contribution >= 4 is 11.6 Å². The second kappa shape index (κ2) is 6.43. The Labute approximate surface area is 143 Å². The Hall–Kier alpha value is -2.50. The number of nitrogens with one attached hydrogen (secondary N) is 1. The molecule has 2 aromatic carbocycles. The van der Waals surface area contributed by atoms with Crippen molar-refractivity contribution in [3.05, 3.63) is 59.7 Å². The molecule has 1 aliphatic carbocycles. The van der Waals surface area contributed by atoms with Crippen LogP contribution in [0.5, 0.6) is 5.75 Å². The minimum atomic E-state index is -4.57. The van der Waals surface area contributed by atoms with Crippen LogP contribution >= 0.6 is 0 Å². The lowest BCUT2D eigenvalue weighted by Gasteiger charge is -2.17. The van der Waals surface area contributed by atoms with E-state index >= 15 is 0 Å². The Balaban J connectivity index is 1.79. The van der Waals surface area contributed by atoms with Gasteiger partial charge in [-0.05, 0) is 36.6 Å². The number of hydrogen-bond donors (Lipinski definition) is 1. The number of alkyl halides is 3. The number of ether oxygens (including phenoxy) is 1. The molecule has 0 aromatic heterocycles. The maximum absolute atomic E-state index is 13.3. The summed E-state index contributed by atoms with van der Waals surface area (Å²) in [5.41, 5.74) is -0.463. The molecule has 2 aromatic rings. The van der Waals surface area contributed by atoms with Gasteiger partial charge in [0.1, 0.15) is 12.4 Å². The van der Waals surface area contributed by atoms with Crippen molar-refractivity contribution in [2.45, 2.75) is 32.5 Å². The monoisotopic (exact) mass is 349 g/mol. The van der Waals surface area contributed by atoms with E-state index < -0.39 is 17.2 Å². The Kier molecular flexibility index (Phi) is 4.45. The predicted octanol–water partition coefficient (Wildman–Crippen LogP) is 5.02. The highest BCUT2D eigenvalue weighted by atomic mass is 19.4. The third kappa shape index (κ3) is 4.13. The second-order valence-electron chi connectivity index (χ2n) is 6.50. The van der Waals surface area contributed by atoms with Crippen molar-refractivity contribution in [2.75, 3.05) is 5.32 Å². The van der Waals surface area contributed by atoms with Gasteiger partial charge < -0.3 is 10.1 Å². The molecular formula is C19H18F3NO2. The zero-order valence-corrected chi connectivity index (χ0v) is 13.7. The second-order valence-corrected chi connectivity index (χ2v) is 6.50. The molecule has 0 heterocycles. The topological polar surface area (TPSA) is 38.3 Å². The van der Waals surface area contributed by atoms with E-state index in [0.717, 1.165) is 24.5 Å². The molecule has 0 bridgehead atoms. The highest BCUT2D eigenvalue weighted by molar-refractivity contribution is 5.97. The van der Waals surface area contributed by atoms with Gasteiger partial charge in [-0.1, -0.05) is 37.3 Å². The summed E-state index contributed by atoms with van der Waals surface area (Å²) in [6.07, 6.45) is -3.07. The summed E-state index contributed by atoms with van der Waals surface area (Å²) in [6.45, 7) is 1.83. The van der Waals surface area contributed by atoms with E-state index in [-0.39, 0.29) is 24.0 Å². The summed E-state index contributed by atoms with van der Waals surface area (Å²) in [7, 11) is 0. The molecule has 0 aliphatic heterocycles. The average Bonchev–Trinajstić information content (AvgIpc) is 3.33. The molecule has 3 nitrogen and oxygen atoms in total. The summed E-state index contributed by atoms with van der Waals surface area (Å²) in [4.78, 5) is 12.0. The number of rotatable bonds is 5. The fourth-order valence-corrected chi connectivity index (χ4v) is 2.39. The normalized spacial score (nSPS) is 15.5. The Bertz CT molecular complexity index is 768. The molecule has 25 heavy (non-hydrogen) atoms. The van der Waals surface area contributed by atoms with Gasteiger partial charge in [0, 0.05) is 11.1 Å². The molecule has 1 aliphatic rings. The first-order chi connectivity index (χ1) is 11.8. The molecule has 1 saturated carbocycles. The van der Waals surface area contributed by atoms with Gasteiger partial charge in [-0.15, -0.1) is 0 Å². The predicted molar refractivity (Wildman–Crippen MR) is 88.2 cm³/mol. The molecule has 0 radical (unpaired) electrons. The Morgan fingerprint density at radius 2 is 1.84 bits per heavy atom. The fourth-order valence-electron chi connectivity index (χ4n) is 2.39. The molecule has 0 unspecified atom stereocenters. The van der Waals surface area contributed by atoms with Gasteiger partial charge in [-0.3, -0.25) is 4.79 Å². The quantitative estimate of drug-likeness (QED) is 0.823. The van der Waals surface area contributed by atoms with Crippen LogP contribution in [0.4, 0.5) is 18.9 Å². The van der Waals surface area contributed by atoms with Crippen LogP contribution in [-0.4, -0.2) is 5.91 Å². The van der Waals surface area contributed by atoms with E-state index in [2.05, 4.69) is 5.32 Å². The summed E-state index contributed by atoms with van der Waals surface area (Å²) in [5, 5.41) is 2.56. The van der Waals surface area contributed by atoms with Crippen LogP contribution in [0.25, 0.3) is 0 Å². The number of carbonyl (C=O) groups excluding carboxylic acids is 1. The van der Waals surface area contributed by atoms with Gasteiger partial charge >= 0.3 is 6.18 Å². The molecular weight excluding hydrogens is 331 g/mol. The van der Waals surface area contributed by atoms with Crippen molar-refractivity contribution in [1.29, 1.82) is 0 Å². The lowest BCUT2D eigenvalue weighted by Crippen LogP contribution is -2.21. The molecule has 6 heteroatoms. The van der Waals surface area contributed by atoms with Crippen LogP contribution in [0.3, 0.4) is 0 Å². The summed E-state index contributed by atoms with van der Waals surface area (Å²) < 4.78 is 45.4. The number of hydrogen-bond acceptors (Lipinski definition) is 2. The van der Waals surface area contributed by atoms with Crippen LogP contribution in [0.15, 0.2) is 48.5 Å². The van der Waals surface area contributed by atoms with Crippen molar-refractivity contribution in [1.82, 2.24) is 0 Å². The van der Waals surface area contributed by atoms with E-state index in [4.69, 9.17) is 4.74 Å². The van der Waals surface area contributed by atoms with Gasteiger partial charge in [0.05, 0.1) is 5.56 Å². The third-order valence-electron chi connectivity index (χ3n) is 4.33. The molecule has 0 spiro atoms. The number of benzene rings is 2. The average molecular weight is 349 g/mol. The summed E-state index contributed by atoms with van der Waals surface area (Å²) >= 11 is 0. The first-order valence-corrected chi connectivity index (χ1v) is 7.97. The van der Waals surface area contributed by atoms with E-state index in [0.29, 0.717) is 0 Å². The first-order valence-electron chi connectivity index (χ1n) is 7.97. The smallest absolute Gasteiger partial charge is 0.420 e. The van der Waals surface area contributed by atoms with E-state index in [1.807, 2.05) is 6.07 Å². The largest absolute Gasteiger partial charge is 0.488 e.